The molecule has 1 aliphatic heterocycles. The Morgan fingerprint density at radius 3 is 2.55 bits per heavy atom. The van der Waals surface area contributed by atoms with Crippen LogP contribution in [0.4, 0.5) is 4.79 Å². The Balaban J connectivity index is 0.00000144. The second-order valence-electron chi connectivity index (χ2n) is 5.86. The molecule has 1 aliphatic carbocycles. The summed E-state index contributed by atoms with van der Waals surface area (Å²) >= 11 is 0. The third kappa shape index (κ3) is 2.18. The van der Waals surface area contributed by atoms with Gasteiger partial charge in [0.2, 0.25) is 0 Å². The standard InChI is InChI=1S/C16H14N3O2.Rb/c1-9-3-10-4-11-6-16(14(20)18-15(21)19(16)2)7-12(11)5-13(10)17-8-9;/h3-5,8H,1,6-7H2,2H3,(H,18,20,21);/q-1;+1/t16-;/m1./s1. The van der Waals surface area contributed by atoms with Crippen molar-refractivity contribution in [1.82, 2.24) is 15.2 Å². The number of aromatic nitrogens is 1. The molecule has 1 N–H and O–H groups in total. The summed E-state index contributed by atoms with van der Waals surface area (Å²) in [6, 6.07) is 5.74. The van der Waals surface area contributed by atoms with Gasteiger partial charge in [0.15, 0.2) is 0 Å². The topological polar surface area (TPSA) is 62.3 Å². The van der Waals surface area contributed by atoms with Gasteiger partial charge in [0.05, 0.1) is 0 Å². The summed E-state index contributed by atoms with van der Waals surface area (Å²) in [4.78, 5) is 29.9. The number of imide groups is 1. The van der Waals surface area contributed by atoms with E-state index in [0.717, 1.165) is 27.6 Å². The Labute approximate surface area is 177 Å². The second-order valence-corrected chi connectivity index (χ2v) is 5.86. The first-order valence-corrected chi connectivity index (χ1v) is 6.82. The minimum Gasteiger partial charge on any atom is -0.321 e. The molecule has 6 heteroatoms. The molecule has 1 aromatic carbocycles. The van der Waals surface area contributed by atoms with Crippen LogP contribution in [-0.4, -0.2) is 34.4 Å². The quantitative estimate of drug-likeness (QED) is 0.454. The zero-order valence-corrected chi connectivity index (χ0v) is 17.6. The largest absolute Gasteiger partial charge is 1.00 e. The number of pyridine rings is 1. The molecule has 3 amide bonds. The van der Waals surface area contributed by atoms with Crippen LogP contribution in [0.1, 0.15) is 16.7 Å². The maximum atomic E-state index is 12.2. The number of urea groups is 1. The fourth-order valence-corrected chi connectivity index (χ4v) is 3.38. The fraction of sp³-hybridized carbons (Fsp3) is 0.250. The molecule has 2 aliphatic rings. The van der Waals surface area contributed by atoms with Gasteiger partial charge in [-0.25, -0.2) is 4.79 Å². The Hall–Kier alpha value is -0.755. The maximum absolute atomic E-state index is 12.2. The van der Waals surface area contributed by atoms with E-state index in [0.29, 0.717) is 12.8 Å². The van der Waals surface area contributed by atoms with Crippen molar-refractivity contribution >= 4 is 22.8 Å². The van der Waals surface area contributed by atoms with Gasteiger partial charge in [0.1, 0.15) is 5.54 Å². The average Bonchev–Trinajstić information content (AvgIpc) is 2.91. The van der Waals surface area contributed by atoms with Gasteiger partial charge in [0, 0.05) is 25.4 Å². The van der Waals surface area contributed by atoms with Crippen molar-refractivity contribution in [3.8, 4) is 0 Å². The number of nitrogens with one attached hydrogen (secondary N) is 1. The predicted octanol–water partition coefficient (Wildman–Crippen LogP) is -1.56. The summed E-state index contributed by atoms with van der Waals surface area (Å²) in [6.07, 6.45) is 2.82. The van der Waals surface area contributed by atoms with Crippen molar-refractivity contribution in [3.05, 3.63) is 48.0 Å². The van der Waals surface area contributed by atoms with Gasteiger partial charge in [-0.2, -0.15) is 18.6 Å². The molecule has 2 aromatic rings. The van der Waals surface area contributed by atoms with Crippen LogP contribution >= 0.6 is 0 Å². The van der Waals surface area contributed by atoms with Crippen LogP contribution in [0.25, 0.3) is 10.9 Å². The van der Waals surface area contributed by atoms with Crippen LogP contribution < -0.4 is 63.5 Å². The molecular weight excluding hydrogens is 352 g/mol. The molecule has 22 heavy (non-hydrogen) atoms. The van der Waals surface area contributed by atoms with Gasteiger partial charge >= 0.3 is 64.2 Å². The number of hydrogen-bond donors (Lipinski definition) is 1. The van der Waals surface area contributed by atoms with Crippen LogP contribution in [0.2, 0.25) is 0 Å². The van der Waals surface area contributed by atoms with E-state index in [1.54, 1.807) is 13.2 Å². The Morgan fingerprint density at radius 2 is 1.91 bits per heavy atom. The van der Waals surface area contributed by atoms with E-state index < -0.39 is 5.54 Å². The number of hydrogen-bond acceptors (Lipinski definition) is 3. The Kier molecular flexibility index (Phi) is 3.96. The third-order valence-corrected chi connectivity index (χ3v) is 4.61. The van der Waals surface area contributed by atoms with Crippen LogP contribution in [0.3, 0.4) is 0 Å². The monoisotopic (exact) mass is 365 g/mol. The van der Waals surface area contributed by atoms with E-state index in [9.17, 15) is 9.59 Å². The van der Waals surface area contributed by atoms with E-state index in [-0.39, 0.29) is 70.1 Å². The molecule has 0 bridgehead atoms. The molecule has 1 aromatic heterocycles. The molecule has 1 atom stereocenters. The van der Waals surface area contributed by atoms with Gasteiger partial charge in [-0.05, 0) is 17.2 Å². The number of amides is 3. The smallest absolute Gasteiger partial charge is 0.321 e. The number of carbonyl (C=O) groups is 2. The van der Waals surface area contributed by atoms with Gasteiger partial charge < -0.3 is 9.88 Å². The average molecular weight is 366 g/mol. The first-order chi connectivity index (χ1) is 9.99. The van der Waals surface area contributed by atoms with Crippen LogP contribution in [0.15, 0.2) is 24.4 Å². The molecule has 106 valence electrons. The molecule has 0 radical (unpaired) electrons. The molecule has 1 fully saturated rings. The number of carbonyl (C=O) groups excluding carboxylic acids is 2. The van der Waals surface area contributed by atoms with Crippen LogP contribution in [-0.2, 0) is 17.6 Å². The van der Waals surface area contributed by atoms with Crippen molar-refractivity contribution in [1.29, 1.82) is 0 Å². The number of nitrogens with zero attached hydrogens (tertiary/aromatic N) is 2. The normalized spacial score (nSPS) is 22.9. The summed E-state index contributed by atoms with van der Waals surface area (Å²) < 4.78 is 0. The minimum absolute atomic E-state index is 0. The molecule has 2 heterocycles. The van der Waals surface area contributed by atoms with Crippen molar-refractivity contribution in [2.24, 2.45) is 0 Å². The molecule has 0 saturated carbocycles. The van der Waals surface area contributed by atoms with Crippen molar-refractivity contribution < 1.29 is 67.8 Å². The van der Waals surface area contributed by atoms with Crippen molar-refractivity contribution in [2.75, 3.05) is 7.05 Å². The predicted molar refractivity (Wildman–Crippen MR) is 77.6 cm³/mol. The SMILES string of the molecule is [CH2-]c1cnc2cc3c(cc2c1)C[C@@]1(C3)C(=O)NC(=O)N1C.[Rb+]. The van der Waals surface area contributed by atoms with Gasteiger partial charge in [-0.15, -0.1) is 0 Å². The molecule has 4 rings (SSSR count). The molecular formula is C16H14N3O2Rb. The maximum Gasteiger partial charge on any atom is 1.00 e. The summed E-state index contributed by atoms with van der Waals surface area (Å²) in [5, 5.41) is 3.43. The molecule has 0 unspecified atom stereocenters. The van der Waals surface area contributed by atoms with E-state index in [4.69, 9.17) is 0 Å². The Morgan fingerprint density at radius 1 is 1.23 bits per heavy atom. The number of benzene rings is 1. The third-order valence-electron chi connectivity index (χ3n) is 4.61. The Bertz CT molecular complexity index is 820. The van der Waals surface area contributed by atoms with Crippen molar-refractivity contribution in [3.63, 3.8) is 0 Å². The van der Waals surface area contributed by atoms with Crippen LogP contribution in [0, 0.1) is 6.92 Å². The summed E-state index contributed by atoms with van der Waals surface area (Å²) in [6.45, 7) is 3.89. The van der Waals surface area contributed by atoms with Gasteiger partial charge in [-0.1, -0.05) is 17.6 Å². The van der Waals surface area contributed by atoms with Crippen molar-refractivity contribution in [2.45, 2.75) is 18.4 Å². The summed E-state index contributed by atoms with van der Waals surface area (Å²) in [5.41, 5.74) is 3.17. The minimum atomic E-state index is -0.774. The van der Waals surface area contributed by atoms with Gasteiger partial charge in [-0.3, -0.25) is 10.1 Å². The van der Waals surface area contributed by atoms with Crippen LogP contribution in [0.5, 0.6) is 0 Å². The zero-order valence-electron chi connectivity index (χ0n) is 12.6. The molecule has 5 nitrogen and oxygen atoms in total. The number of fused-ring (bicyclic) bond motifs is 2. The molecule has 1 spiro atoms. The first kappa shape index (κ1) is 16.1. The number of rotatable bonds is 0. The summed E-state index contributed by atoms with van der Waals surface area (Å²) in [7, 11) is 1.68. The first-order valence-electron chi connectivity index (χ1n) is 6.82. The summed E-state index contributed by atoms with van der Waals surface area (Å²) in [5.74, 6) is -0.207. The zero-order chi connectivity index (χ0) is 14.8. The van der Waals surface area contributed by atoms with E-state index in [1.807, 2.05) is 12.1 Å². The fourth-order valence-electron chi connectivity index (χ4n) is 3.38. The van der Waals surface area contributed by atoms with E-state index in [1.165, 1.54) is 4.90 Å². The van der Waals surface area contributed by atoms with E-state index in [2.05, 4.69) is 23.3 Å². The number of likely N-dealkylation sites (N-methyl/N-ethyl adjacent to an activating group) is 1. The van der Waals surface area contributed by atoms with E-state index >= 15 is 0 Å². The van der Waals surface area contributed by atoms with Gasteiger partial charge in [0.25, 0.3) is 5.91 Å². The molecule has 1 saturated heterocycles. The second kappa shape index (κ2) is 5.41.